The van der Waals surface area contributed by atoms with E-state index in [1.165, 1.54) is 6.92 Å². The summed E-state index contributed by atoms with van der Waals surface area (Å²) in [6, 6.07) is 8.95. The molecule has 0 saturated heterocycles. The van der Waals surface area contributed by atoms with Crippen LogP contribution in [0, 0.1) is 23.2 Å². The smallest absolute Gasteiger partial charge is 0.304 e. The van der Waals surface area contributed by atoms with Gasteiger partial charge < -0.3 is 4.74 Å². The van der Waals surface area contributed by atoms with Gasteiger partial charge in [-0.2, -0.15) is 5.26 Å². The standard InChI is InChI=1S/C14H13NO2/c1-11(16)17-14(2,3)9-8-12-4-6-13(10-15)7-5-12/h4-7H,1-3H3. The third kappa shape index (κ3) is 4.40. The van der Waals surface area contributed by atoms with E-state index in [-0.39, 0.29) is 5.97 Å². The number of hydrogen-bond donors (Lipinski definition) is 0. The van der Waals surface area contributed by atoms with Crippen LogP contribution >= 0.6 is 0 Å². The number of carbonyl (C=O) groups is 1. The summed E-state index contributed by atoms with van der Waals surface area (Å²) in [7, 11) is 0. The molecule has 0 saturated carbocycles. The number of nitrogens with zero attached hydrogens (tertiary/aromatic N) is 1. The third-order valence-corrected chi connectivity index (χ3v) is 1.92. The maximum atomic E-state index is 10.8. The Labute approximate surface area is 101 Å². The lowest BCUT2D eigenvalue weighted by atomic mass is 10.1. The monoisotopic (exact) mass is 227 g/mol. The van der Waals surface area contributed by atoms with Gasteiger partial charge in [-0.05, 0) is 38.1 Å². The Morgan fingerprint density at radius 1 is 1.24 bits per heavy atom. The molecule has 0 aliphatic rings. The van der Waals surface area contributed by atoms with E-state index in [0.717, 1.165) is 5.56 Å². The minimum absolute atomic E-state index is 0.357. The Hall–Kier alpha value is -2.26. The first-order valence-corrected chi connectivity index (χ1v) is 5.16. The zero-order chi connectivity index (χ0) is 12.9. The zero-order valence-corrected chi connectivity index (χ0v) is 10.1. The molecule has 0 atom stereocenters. The maximum absolute atomic E-state index is 10.8. The predicted octanol–water partition coefficient (Wildman–Crippen LogP) is 2.25. The van der Waals surface area contributed by atoms with Gasteiger partial charge in [0.15, 0.2) is 5.60 Å². The van der Waals surface area contributed by atoms with E-state index >= 15 is 0 Å². The number of rotatable bonds is 1. The van der Waals surface area contributed by atoms with Crippen molar-refractivity contribution in [1.29, 1.82) is 5.26 Å². The van der Waals surface area contributed by atoms with E-state index < -0.39 is 5.60 Å². The molecule has 0 aliphatic carbocycles. The van der Waals surface area contributed by atoms with E-state index in [4.69, 9.17) is 10.00 Å². The fraction of sp³-hybridized carbons (Fsp3) is 0.286. The first kappa shape index (κ1) is 12.8. The molecule has 0 N–H and O–H groups in total. The summed E-state index contributed by atoms with van der Waals surface area (Å²) in [5, 5.41) is 8.64. The first-order chi connectivity index (χ1) is 7.93. The van der Waals surface area contributed by atoms with Crippen molar-refractivity contribution in [1.82, 2.24) is 0 Å². The van der Waals surface area contributed by atoms with Gasteiger partial charge >= 0.3 is 5.97 Å². The van der Waals surface area contributed by atoms with Gasteiger partial charge in [-0.1, -0.05) is 11.8 Å². The van der Waals surface area contributed by atoms with Crippen molar-refractivity contribution in [3.63, 3.8) is 0 Å². The van der Waals surface area contributed by atoms with Crippen molar-refractivity contribution in [2.24, 2.45) is 0 Å². The summed E-state index contributed by atoms with van der Waals surface area (Å²) in [5.41, 5.74) is 0.568. The molecule has 0 radical (unpaired) electrons. The van der Waals surface area contributed by atoms with Crippen LogP contribution in [0.1, 0.15) is 31.9 Å². The highest BCUT2D eigenvalue weighted by Gasteiger charge is 2.17. The van der Waals surface area contributed by atoms with Crippen molar-refractivity contribution >= 4 is 5.97 Å². The van der Waals surface area contributed by atoms with Gasteiger partial charge in [0.1, 0.15) is 0 Å². The fourth-order valence-electron chi connectivity index (χ4n) is 1.24. The Balaban J connectivity index is 2.84. The molecule has 3 nitrogen and oxygen atoms in total. The van der Waals surface area contributed by atoms with Gasteiger partial charge in [0.25, 0.3) is 0 Å². The topological polar surface area (TPSA) is 50.1 Å². The van der Waals surface area contributed by atoms with Crippen LogP contribution in [-0.4, -0.2) is 11.6 Å². The summed E-state index contributed by atoms with van der Waals surface area (Å²) in [4.78, 5) is 10.8. The second kappa shape index (κ2) is 5.18. The molecule has 1 rings (SSSR count). The Kier molecular flexibility index (Phi) is 3.91. The van der Waals surface area contributed by atoms with E-state index in [0.29, 0.717) is 5.56 Å². The predicted molar refractivity (Wildman–Crippen MR) is 63.9 cm³/mol. The van der Waals surface area contributed by atoms with Crippen LogP contribution in [0.2, 0.25) is 0 Å². The fourth-order valence-corrected chi connectivity index (χ4v) is 1.24. The van der Waals surface area contributed by atoms with Crippen molar-refractivity contribution in [3.8, 4) is 17.9 Å². The van der Waals surface area contributed by atoms with Crippen LogP contribution in [0.25, 0.3) is 0 Å². The molecule has 0 spiro atoms. The van der Waals surface area contributed by atoms with Crippen LogP contribution in [0.15, 0.2) is 24.3 Å². The van der Waals surface area contributed by atoms with Crippen LogP contribution in [0.5, 0.6) is 0 Å². The van der Waals surface area contributed by atoms with Gasteiger partial charge in [-0.15, -0.1) is 0 Å². The third-order valence-electron chi connectivity index (χ3n) is 1.92. The summed E-state index contributed by atoms with van der Waals surface area (Å²) in [6.45, 7) is 4.81. The Bertz CT molecular complexity index is 510. The molecular weight excluding hydrogens is 214 g/mol. The molecule has 0 aromatic heterocycles. The Morgan fingerprint density at radius 2 is 1.76 bits per heavy atom. The van der Waals surface area contributed by atoms with Crippen molar-refractivity contribution < 1.29 is 9.53 Å². The lowest BCUT2D eigenvalue weighted by Crippen LogP contribution is -2.24. The minimum atomic E-state index is -0.806. The number of carbonyl (C=O) groups excluding carboxylic acids is 1. The molecule has 17 heavy (non-hydrogen) atoms. The lowest BCUT2D eigenvalue weighted by molar-refractivity contribution is -0.148. The van der Waals surface area contributed by atoms with E-state index in [1.807, 2.05) is 6.07 Å². The summed E-state index contributed by atoms with van der Waals surface area (Å²) < 4.78 is 5.04. The largest absolute Gasteiger partial charge is 0.447 e. The normalized spacial score (nSPS) is 9.76. The second-order valence-electron chi connectivity index (χ2n) is 4.04. The van der Waals surface area contributed by atoms with Crippen LogP contribution in [-0.2, 0) is 9.53 Å². The van der Waals surface area contributed by atoms with Gasteiger partial charge in [0, 0.05) is 12.5 Å². The van der Waals surface area contributed by atoms with Crippen LogP contribution in [0.4, 0.5) is 0 Å². The van der Waals surface area contributed by atoms with E-state index in [2.05, 4.69) is 11.8 Å². The molecule has 0 amide bonds. The van der Waals surface area contributed by atoms with Gasteiger partial charge in [0.2, 0.25) is 0 Å². The average molecular weight is 227 g/mol. The van der Waals surface area contributed by atoms with E-state index in [1.54, 1.807) is 38.1 Å². The van der Waals surface area contributed by atoms with E-state index in [9.17, 15) is 4.79 Å². The molecule has 1 aromatic rings. The highest BCUT2D eigenvalue weighted by atomic mass is 16.6. The molecule has 0 fully saturated rings. The molecule has 1 aromatic carbocycles. The zero-order valence-electron chi connectivity index (χ0n) is 10.1. The quantitative estimate of drug-likeness (QED) is 0.546. The minimum Gasteiger partial charge on any atom is -0.447 e. The van der Waals surface area contributed by atoms with Gasteiger partial charge in [-0.25, -0.2) is 0 Å². The van der Waals surface area contributed by atoms with Crippen molar-refractivity contribution in [2.45, 2.75) is 26.4 Å². The summed E-state index contributed by atoms with van der Waals surface area (Å²) in [6.07, 6.45) is 0. The highest BCUT2D eigenvalue weighted by Crippen LogP contribution is 2.08. The summed E-state index contributed by atoms with van der Waals surface area (Å²) in [5.74, 6) is 5.42. The lowest BCUT2D eigenvalue weighted by Gasteiger charge is -2.16. The average Bonchev–Trinajstić information content (AvgIpc) is 2.25. The van der Waals surface area contributed by atoms with Gasteiger partial charge in [0.05, 0.1) is 11.6 Å². The molecule has 0 heterocycles. The molecule has 86 valence electrons. The second-order valence-corrected chi connectivity index (χ2v) is 4.04. The molecule has 0 aliphatic heterocycles. The van der Waals surface area contributed by atoms with Crippen molar-refractivity contribution in [2.75, 3.05) is 0 Å². The maximum Gasteiger partial charge on any atom is 0.304 e. The summed E-state index contributed by atoms with van der Waals surface area (Å²) >= 11 is 0. The van der Waals surface area contributed by atoms with Gasteiger partial charge in [-0.3, -0.25) is 4.79 Å². The number of ether oxygens (including phenoxy) is 1. The Morgan fingerprint density at radius 3 is 2.24 bits per heavy atom. The number of esters is 1. The highest BCUT2D eigenvalue weighted by molar-refractivity contribution is 5.67. The van der Waals surface area contributed by atoms with Crippen LogP contribution in [0.3, 0.4) is 0 Å². The van der Waals surface area contributed by atoms with Crippen LogP contribution < -0.4 is 0 Å². The van der Waals surface area contributed by atoms with Crippen molar-refractivity contribution in [3.05, 3.63) is 35.4 Å². The molecule has 0 bridgehead atoms. The number of benzene rings is 1. The number of nitriles is 1. The molecule has 0 unspecified atom stereocenters. The molecular formula is C14H13NO2. The first-order valence-electron chi connectivity index (χ1n) is 5.16. The SMILES string of the molecule is CC(=O)OC(C)(C)C#Cc1ccc(C#N)cc1. The number of hydrogen-bond acceptors (Lipinski definition) is 3. The molecule has 3 heteroatoms.